The third kappa shape index (κ3) is 5.80. The van der Waals surface area contributed by atoms with Gasteiger partial charge in [0.15, 0.2) is 6.61 Å². The normalized spacial score (nSPS) is 14.4. The summed E-state index contributed by atoms with van der Waals surface area (Å²) in [5.41, 5.74) is 1.97. The van der Waals surface area contributed by atoms with E-state index in [4.69, 9.17) is 19.3 Å². The Hall–Kier alpha value is -2.90. The van der Waals surface area contributed by atoms with Crippen molar-refractivity contribution < 1.29 is 28.9 Å². The fourth-order valence-electron chi connectivity index (χ4n) is 2.90. The van der Waals surface area contributed by atoms with Gasteiger partial charge in [-0.05, 0) is 48.7 Å². The van der Waals surface area contributed by atoms with E-state index in [1.54, 1.807) is 30.3 Å². The van der Waals surface area contributed by atoms with Gasteiger partial charge in [-0.15, -0.1) is 0 Å². The topological polar surface area (TPSA) is 94.1 Å². The van der Waals surface area contributed by atoms with Crippen LogP contribution in [0.25, 0.3) is 0 Å². The van der Waals surface area contributed by atoms with Gasteiger partial charge in [0.05, 0.1) is 12.7 Å². The molecule has 0 bridgehead atoms. The number of nitrogens with one attached hydrogen (secondary N) is 1. The van der Waals surface area contributed by atoms with Crippen molar-refractivity contribution in [3.8, 4) is 5.75 Å². The number of hydrogen-bond acceptors (Lipinski definition) is 5. The number of hydrogen-bond donors (Lipinski definition) is 2. The zero-order valence-corrected chi connectivity index (χ0v) is 15.4. The molecule has 0 atom stereocenters. The van der Waals surface area contributed by atoms with Crippen LogP contribution in [0, 0.1) is 0 Å². The lowest BCUT2D eigenvalue weighted by Gasteiger charge is -2.23. The van der Waals surface area contributed by atoms with Crippen LogP contribution < -0.4 is 10.1 Å². The van der Waals surface area contributed by atoms with Gasteiger partial charge >= 0.3 is 5.97 Å². The van der Waals surface area contributed by atoms with E-state index in [0.29, 0.717) is 36.8 Å². The Morgan fingerprint density at radius 2 is 1.79 bits per heavy atom. The summed E-state index contributed by atoms with van der Waals surface area (Å²) >= 11 is 0. The Bertz CT molecular complexity index is 799. The molecule has 1 saturated heterocycles. The van der Waals surface area contributed by atoms with Crippen LogP contribution in [0.5, 0.6) is 5.75 Å². The SMILES string of the molecule is O=C(O)COc1ccc(NC(=O)c2ccccc2COC2CCOCC2)cc1. The number of carbonyl (C=O) groups is 2. The molecule has 1 aliphatic heterocycles. The molecule has 0 aliphatic carbocycles. The van der Waals surface area contributed by atoms with Gasteiger partial charge in [-0.25, -0.2) is 4.79 Å². The summed E-state index contributed by atoms with van der Waals surface area (Å²) in [6.45, 7) is 1.38. The van der Waals surface area contributed by atoms with E-state index < -0.39 is 12.6 Å². The largest absolute Gasteiger partial charge is 0.482 e. The van der Waals surface area contributed by atoms with Crippen molar-refractivity contribution >= 4 is 17.6 Å². The molecule has 0 unspecified atom stereocenters. The number of amides is 1. The van der Waals surface area contributed by atoms with E-state index in [9.17, 15) is 9.59 Å². The highest BCUT2D eigenvalue weighted by molar-refractivity contribution is 6.05. The Labute approximate surface area is 163 Å². The van der Waals surface area contributed by atoms with Crippen LogP contribution >= 0.6 is 0 Å². The molecule has 0 saturated carbocycles. The monoisotopic (exact) mass is 385 g/mol. The Balaban J connectivity index is 1.60. The van der Waals surface area contributed by atoms with Gasteiger partial charge in [0, 0.05) is 24.5 Å². The summed E-state index contributed by atoms with van der Waals surface area (Å²) in [7, 11) is 0. The van der Waals surface area contributed by atoms with Crippen molar-refractivity contribution in [2.24, 2.45) is 0 Å². The molecule has 7 nitrogen and oxygen atoms in total. The van der Waals surface area contributed by atoms with E-state index in [2.05, 4.69) is 5.32 Å². The summed E-state index contributed by atoms with van der Waals surface area (Å²) < 4.78 is 16.4. The van der Waals surface area contributed by atoms with Crippen molar-refractivity contribution in [3.05, 3.63) is 59.7 Å². The highest BCUT2D eigenvalue weighted by Gasteiger charge is 2.16. The maximum atomic E-state index is 12.7. The first-order chi connectivity index (χ1) is 13.6. The predicted molar refractivity (Wildman–Crippen MR) is 103 cm³/mol. The van der Waals surface area contributed by atoms with Crippen LogP contribution in [0.3, 0.4) is 0 Å². The standard InChI is InChI=1S/C21H23NO6/c23-20(24)14-28-17-7-5-16(6-8-17)22-21(25)19-4-2-1-3-15(19)13-27-18-9-11-26-12-10-18/h1-8,18H,9-14H2,(H,22,25)(H,23,24). The lowest BCUT2D eigenvalue weighted by Crippen LogP contribution is -2.24. The zero-order valence-electron chi connectivity index (χ0n) is 15.4. The lowest BCUT2D eigenvalue weighted by atomic mass is 10.1. The van der Waals surface area contributed by atoms with Gasteiger partial charge in [0.1, 0.15) is 5.75 Å². The maximum absolute atomic E-state index is 12.7. The summed E-state index contributed by atoms with van der Waals surface area (Å²) in [4.78, 5) is 23.2. The van der Waals surface area contributed by atoms with Crippen molar-refractivity contribution in [2.75, 3.05) is 25.1 Å². The molecule has 2 aromatic carbocycles. The summed E-state index contributed by atoms with van der Waals surface area (Å²) in [6.07, 6.45) is 1.89. The number of carboxylic acid groups (broad SMARTS) is 1. The molecule has 1 heterocycles. The molecular weight excluding hydrogens is 362 g/mol. The van der Waals surface area contributed by atoms with Crippen LogP contribution in [-0.2, 0) is 20.9 Å². The van der Waals surface area contributed by atoms with Crippen LogP contribution in [0.15, 0.2) is 48.5 Å². The summed E-state index contributed by atoms with van der Waals surface area (Å²) in [5.74, 6) is -0.854. The van der Waals surface area contributed by atoms with E-state index in [-0.39, 0.29) is 12.0 Å². The van der Waals surface area contributed by atoms with E-state index in [1.165, 1.54) is 0 Å². The Kier molecular flexibility index (Phi) is 7.00. The molecule has 28 heavy (non-hydrogen) atoms. The Morgan fingerprint density at radius 3 is 2.50 bits per heavy atom. The second-order valence-corrected chi connectivity index (χ2v) is 6.44. The highest BCUT2D eigenvalue weighted by atomic mass is 16.5. The second kappa shape index (κ2) is 9.87. The van der Waals surface area contributed by atoms with E-state index >= 15 is 0 Å². The minimum atomic E-state index is -1.04. The van der Waals surface area contributed by atoms with Crippen LogP contribution in [0.4, 0.5) is 5.69 Å². The Morgan fingerprint density at radius 1 is 1.07 bits per heavy atom. The van der Waals surface area contributed by atoms with Gasteiger partial charge in [-0.2, -0.15) is 0 Å². The number of aliphatic carboxylic acids is 1. The first kappa shape index (κ1) is 19.9. The third-order valence-corrected chi connectivity index (χ3v) is 4.38. The lowest BCUT2D eigenvalue weighted by molar-refractivity contribution is -0.139. The fraction of sp³-hybridized carbons (Fsp3) is 0.333. The quantitative estimate of drug-likeness (QED) is 0.725. The molecule has 3 rings (SSSR count). The number of anilines is 1. The molecule has 7 heteroatoms. The molecule has 0 aromatic heterocycles. The molecule has 1 aliphatic rings. The van der Waals surface area contributed by atoms with E-state index in [1.807, 2.05) is 18.2 Å². The smallest absolute Gasteiger partial charge is 0.341 e. The molecule has 0 radical (unpaired) electrons. The molecule has 1 amide bonds. The van der Waals surface area contributed by atoms with Gasteiger partial charge < -0.3 is 24.6 Å². The molecule has 2 N–H and O–H groups in total. The molecule has 148 valence electrons. The zero-order chi connectivity index (χ0) is 19.8. The van der Waals surface area contributed by atoms with Crippen LogP contribution in [-0.4, -0.2) is 42.9 Å². The number of rotatable bonds is 8. The summed E-state index contributed by atoms with van der Waals surface area (Å²) in [6, 6.07) is 13.9. The number of carboxylic acids is 1. The molecular formula is C21H23NO6. The number of carbonyl (C=O) groups excluding carboxylic acids is 1. The van der Waals surface area contributed by atoms with Gasteiger partial charge in [0.25, 0.3) is 5.91 Å². The second-order valence-electron chi connectivity index (χ2n) is 6.44. The average Bonchev–Trinajstić information content (AvgIpc) is 2.72. The summed E-state index contributed by atoms with van der Waals surface area (Å²) in [5, 5.41) is 11.5. The highest BCUT2D eigenvalue weighted by Crippen LogP contribution is 2.19. The first-order valence-electron chi connectivity index (χ1n) is 9.15. The molecule has 0 spiro atoms. The number of benzene rings is 2. The minimum Gasteiger partial charge on any atom is -0.482 e. The van der Waals surface area contributed by atoms with Crippen molar-refractivity contribution in [2.45, 2.75) is 25.6 Å². The van der Waals surface area contributed by atoms with Crippen molar-refractivity contribution in [1.29, 1.82) is 0 Å². The van der Waals surface area contributed by atoms with Crippen LogP contribution in [0.1, 0.15) is 28.8 Å². The first-order valence-corrected chi connectivity index (χ1v) is 9.15. The van der Waals surface area contributed by atoms with Crippen molar-refractivity contribution in [1.82, 2.24) is 0 Å². The fourth-order valence-corrected chi connectivity index (χ4v) is 2.90. The van der Waals surface area contributed by atoms with E-state index in [0.717, 1.165) is 18.4 Å². The maximum Gasteiger partial charge on any atom is 0.341 e. The van der Waals surface area contributed by atoms with Crippen molar-refractivity contribution in [3.63, 3.8) is 0 Å². The molecule has 2 aromatic rings. The minimum absolute atomic E-state index is 0.156. The predicted octanol–water partition coefficient (Wildman–Crippen LogP) is 3.10. The number of ether oxygens (including phenoxy) is 3. The van der Waals surface area contributed by atoms with Crippen LogP contribution in [0.2, 0.25) is 0 Å². The van der Waals surface area contributed by atoms with Gasteiger partial charge in [-0.1, -0.05) is 18.2 Å². The average molecular weight is 385 g/mol. The van der Waals surface area contributed by atoms with Gasteiger partial charge in [0.2, 0.25) is 0 Å². The molecule has 1 fully saturated rings. The van der Waals surface area contributed by atoms with Gasteiger partial charge in [-0.3, -0.25) is 4.79 Å². The third-order valence-electron chi connectivity index (χ3n) is 4.38.